The summed E-state index contributed by atoms with van der Waals surface area (Å²) in [5.41, 5.74) is 5.10. The van der Waals surface area contributed by atoms with Crippen LogP contribution in [0.5, 0.6) is 0 Å². The van der Waals surface area contributed by atoms with Crippen LogP contribution in [0.3, 0.4) is 0 Å². The van der Waals surface area contributed by atoms with Crippen molar-refractivity contribution in [3.05, 3.63) is 0 Å². The van der Waals surface area contributed by atoms with Gasteiger partial charge in [-0.1, -0.05) is 0 Å². The van der Waals surface area contributed by atoms with Gasteiger partial charge in [0.05, 0.1) is 12.7 Å². The summed E-state index contributed by atoms with van der Waals surface area (Å²) >= 11 is 0. The molecule has 0 aromatic heterocycles. The van der Waals surface area contributed by atoms with E-state index in [9.17, 15) is 15.0 Å². The SMILES string of the molecule is NCCC(O)[C@H](O)C(=O)[C@H](O)[C@H](O)CO. The highest BCUT2D eigenvalue weighted by Crippen LogP contribution is 2.05. The van der Waals surface area contributed by atoms with E-state index in [1.165, 1.54) is 0 Å². The number of hydrogen-bond acceptors (Lipinski definition) is 7. The van der Waals surface area contributed by atoms with Gasteiger partial charge in [-0.05, 0) is 13.0 Å². The highest BCUT2D eigenvalue weighted by Gasteiger charge is 2.32. The number of aliphatic hydroxyl groups is 5. The van der Waals surface area contributed by atoms with Crippen LogP contribution in [0.2, 0.25) is 0 Å². The second kappa shape index (κ2) is 6.83. The van der Waals surface area contributed by atoms with E-state index in [0.717, 1.165) is 0 Å². The molecule has 0 heterocycles. The van der Waals surface area contributed by atoms with Gasteiger partial charge in [-0.3, -0.25) is 4.79 Å². The third-order valence-corrected chi connectivity index (χ3v) is 1.96. The molecule has 0 radical (unpaired) electrons. The molecule has 4 atom stereocenters. The third-order valence-electron chi connectivity index (χ3n) is 1.96. The number of carbonyl (C=O) groups excluding carboxylic acids is 1. The first-order valence-corrected chi connectivity index (χ1v) is 4.52. The fourth-order valence-electron chi connectivity index (χ4n) is 0.983. The van der Waals surface area contributed by atoms with E-state index in [2.05, 4.69) is 0 Å². The van der Waals surface area contributed by atoms with Crippen LogP contribution in [-0.4, -0.2) is 68.9 Å². The lowest BCUT2D eigenvalue weighted by atomic mass is 10.00. The van der Waals surface area contributed by atoms with Crippen LogP contribution in [-0.2, 0) is 4.79 Å². The van der Waals surface area contributed by atoms with Crippen LogP contribution in [0.1, 0.15) is 6.42 Å². The van der Waals surface area contributed by atoms with Gasteiger partial charge >= 0.3 is 0 Å². The standard InChI is InChI=1S/C8H17NO6/c9-2-1-4(11)6(13)8(15)7(14)5(12)3-10/h4-7,10-14H,1-3,9H2/t4?,5-,6+,7-/m1/s1. The minimum Gasteiger partial charge on any atom is -0.394 e. The zero-order chi connectivity index (χ0) is 12.0. The number of carbonyl (C=O) groups is 1. The van der Waals surface area contributed by atoms with E-state index >= 15 is 0 Å². The highest BCUT2D eigenvalue weighted by atomic mass is 16.4. The van der Waals surface area contributed by atoms with Gasteiger partial charge in [0.15, 0.2) is 5.78 Å². The summed E-state index contributed by atoms with van der Waals surface area (Å²) in [5, 5.41) is 44.9. The number of rotatable bonds is 7. The summed E-state index contributed by atoms with van der Waals surface area (Å²) < 4.78 is 0. The van der Waals surface area contributed by atoms with Crippen LogP contribution in [0.25, 0.3) is 0 Å². The van der Waals surface area contributed by atoms with Gasteiger partial charge in [0.1, 0.15) is 18.3 Å². The summed E-state index contributed by atoms with van der Waals surface area (Å²) in [7, 11) is 0. The molecule has 90 valence electrons. The first-order chi connectivity index (χ1) is 6.95. The monoisotopic (exact) mass is 223 g/mol. The van der Waals surface area contributed by atoms with E-state index in [1.54, 1.807) is 0 Å². The van der Waals surface area contributed by atoms with Gasteiger partial charge in [0.25, 0.3) is 0 Å². The Morgan fingerprint density at radius 1 is 1.07 bits per heavy atom. The molecule has 0 spiro atoms. The summed E-state index contributed by atoms with van der Waals surface area (Å²) in [4.78, 5) is 11.2. The van der Waals surface area contributed by atoms with Crippen molar-refractivity contribution in [2.45, 2.75) is 30.8 Å². The molecule has 0 aliphatic rings. The third kappa shape index (κ3) is 4.20. The van der Waals surface area contributed by atoms with Crippen molar-refractivity contribution < 1.29 is 30.3 Å². The Kier molecular flexibility index (Phi) is 6.57. The fourth-order valence-corrected chi connectivity index (χ4v) is 0.983. The molecule has 0 fully saturated rings. The van der Waals surface area contributed by atoms with Crippen molar-refractivity contribution in [3.63, 3.8) is 0 Å². The molecule has 0 saturated carbocycles. The Morgan fingerprint density at radius 3 is 1.93 bits per heavy atom. The van der Waals surface area contributed by atoms with E-state index in [0.29, 0.717) is 0 Å². The molecule has 1 unspecified atom stereocenters. The number of Topliss-reactive ketones (excluding diaryl/α,β-unsaturated/α-hetero) is 1. The van der Waals surface area contributed by atoms with Gasteiger partial charge in [-0.15, -0.1) is 0 Å². The Morgan fingerprint density at radius 2 is 1.53 bits per heavy atom. The topological polar surface area (TPSA) is 144 Å². The lowest BCUT2D eigenvalue weighted by Crippen LogP contribution is -2.46. The minimum absolute atomic E-state index is 0.00511. The van der Waals surface area contributed by atoms with Crippen molar-refractivity contribution in [1.82, 2.24) is 0 Å². The van der Waals surface area contributed by atoms with E-state index < -0.39 is 36.8 Å². The van der Waals surface area contributed by atoms with Gasteiger partial charge in [0.2, 0.25) is 0 Å². The van der Waals surface area contributed by atoms with Gasteiger partial charge < -0.3 is 31.3 Å². The zero-order valence-corrected chi connectivity index (χ0v) is 8.15. The molecule has 0 amide bonds. The molecular weight excluding hydrogens is 206 g/mol. The van der Waals surface area contributed by atoms with Crippen LogP contribution in [0, 0.1) is 0 Å². The maximum absolute atomic E-state index is 11.2. The molecule has 0 aromatic rings. The quantitative estimate of drug-likeness (QED) is 0.261. The molecule has 7 nitrogen and oxygen atoms in total. The van der Waals surface area contributed by atoms with E-state index in [4.69, 9.17) is 21.1 Å². The Hall–Kier alpha value is -0.570. The average Bonchev–Trinajstić information content (AvgIpc) is 2.25. The second-order valence-corrected chi connectivity index (χ2v) is 3.19. The summed E-state index contributed by atoms with van der Waals surface area (Å²) in [5.74, 6) is -1.14. The summed E-state index contributed by atoms with van der Waals surface area (Å²) in [6.07, 6.45) is -6.79. The van der Waals surface area contributed by atoms with Crippen molar-refractivity contribution in [3.8, 4) is 0 Å². The lowest BCUT2D eigenvalue weighted by molar-refractivity contribution is -0.148. The maximum Gasteiger partial charge on any atom is 0.195 e. The van der Waals surface area contributed by atoms with E-state index in [-0.39, 0.29) is 13.0 Å². The number of nitrogens with two attached hydrogens (primary N) is 1. The Balaban J connectivity index is 4.30. The van der Waals surface area contributed by atoms with Crippen LogP contribution < -0.4 is 5.73 Å². The predicted molar refractivity (Wildman–Crippen MR) is 49.8 cm³/mol. The van der Waals surface area contributed by atoms with Gasteiger partial charge in [-0.2, -0.15) is 0 Å². The van der Waals surface area contributed by atoms with Gasteiger partial charge in [-0.25, -0.2) is 0 Å². The molecule has 15 heavy (non-hydrogen) atoms. The molecule has 7 heteroatoms. The van der Waals surface area contributed by atoms with Crippen LogP contribution in [0.4, 0.5) is 0 Å². The van der Waals surface area contributed by atoms with Crippen molar-refractivity contribution in [1.29, 1.82) is 0 Å². The minimum atomic E-state index is -1.92. The molecule has 0 bridgehead atoms. The summed E-state index contributed by atoms with van der Waals surface area (Å²) in [6.45, 7) is -0.739. The Bertz CT molecular complexity index is 200. The zero-order valence-electron chi connectivity index (χ0n) is 8.15. The predicted octanol–water partition coefficient (Wildman–Crippen LogP) is -3.66. The van der Waals surface area contributed by atoms with Crippen molar-refractivity contribution in [2.24, 2.45) is 5.73 Å². The first kappa shape index (κ1) is 14.4. The average molecular weight is 223 g/mol. The van der Waals surface area contributed by atoms with E-state index in [1.807, 2.05) is 0 Å². The molecule has 0 aromatic carbocycles. The number of hydrogen-bond donors (Lipinski definition) is 6. The normalized spacial score (nSPS) is 19.3. The van der Waals surface area contributed by atoms with Crippen molar-refractivity contribution >= 4 is 5.78 Å². The highest BCUT2D eigenvalue weighted by molar-refractivity contribution is 5.88. The molecule has 0 rings (SSSR count). The molecule has 0 aliphatic heterocycles. The second-order valence-electron chi connectivity index (χ2n) is 3.19. The largest absolute Gasteiger partial charge is 0.394 e. The Labute approximate surface area is 86.8 Å². The van der Waals surface area contributed by atoms with Crippen LogP contribution >= 0.6 is 0 Å². The molecule has 0 saturated heterocycles. The first-order valence-electron chi connectivity index (χ1n) is 4.52. The maximum atomic E-state index is 11.2. The molecule has 7 N–H and O–H groups in total. The lowest BCUT2D eigenvalue weighted by Gasteiger charge is -2.21. The molecule has 0 aliphatic carbocycles. The fraction of sp³-hybridized carbons (Fsp3) is 0.875. The van der Waals surface area contributed by atoms with Crippen LogP contribution in [0.15, 0.2) is 0 Å². The van der Waals surface area contributed by atoms with Crippen molar-refractivity contribution in [2.75, 3.05) is 13.2 Å². The molecular formula is C8H17NO6. The summed E-state index contributed by atoms with van der Waals surface area (Å²) in [6, 6.07) is 0. The smallest absolute Gasteiger partial charge is 0.195 e. The van der Waals surface area contributed by atoms with Gasteiger partial charge in [0, 0.05) is 0 Å². The number of aliphatic hydroxyl groups excluding tert-OH is 5. The number of ketones is 1.